The Balaban J connectivity index is 1.68. The van der Waals surface area contributed by atoms with Crippen LogP contribution in [0.4, 0.5) is 4.39 Å². The maximum Gasteiger partial charge on any atom is 0.227 e. The molecule has 0 radical (unpaired) electrons. The first kappa shape index (κ1) is 16.4. The molecule has 0 saturated heterocycles. The van der Waals surface area contributed by atoms with Gasteiger partial charge in [-0.05, 0) is 55.0 Å². The van der Waals surface area contributed by atoms with Crippen molar-refractivity contribution in [2.75, 3.05) is 7.11 Å². The first-order valence-electron chi connectivity index (χ1n) is 8.14. The lowest BCUT2D eigenvalue weighted by Crippen LogP contribution is -2.27. The van der Waals surface area contributed by atoms with Gasteiger partial charge in [0, 0.05) is 18.3 Å². The Morgan fingerprint density at radius 1 is 1.42 bits per heavy atom. The molecule has 1 saturated carbocycles. The van der Waals surface area contributed by atoms with Crippen LogP contribution in [0.2, 0.25) is 0 Å². The van der Waals surface area contributed by atoms with E-state index in [0.29, 0.717) is 23.9 Å². The van der Waals surface area contributed by atoms with Crippen LogP contribution in [0.1, 0.15) is 48.3 Å². The molecule has 1 aromatic carbocycles. The van der Waals surface area contributed by atoms with E-state index < -0.39 is 5.92 Å². The van der Waals surface area contributed by atoms with Crippen molar-refractivity contribution in [1.29, 1.82) is 0 Å². The minimum absolute atomic E-state index is 0.153. The molecule has 5 heteroatoms. The number of carbonyl (C=O) groups excluding carboxylic acids is 1. The highest BCUT2D eigenvalue weighted by Crippen LogP contribution is 2.40. The minimum Gasteiger partial charge on any atom is -0.481 e. The molecule has 24 heavy (non-hydrogen) atoms. The third-order valence-electron chi connectivity index (χ3n) is 4.38. The second-order valence-corrected chi connectivity index (χ2v) is 6.21. The predicted molar refractivity (Wildman–Crippen MR) is 89.4 cm³/mol. The van der Waals surface area contributed by atoms with E-state index in [0.717, 1.165) is 5.56 Å². The molecule has 3 rings (SSSR count). The summed E-state index contributed by atoms with van der Waals surface area (Å²) in [6, 6.07) is 8.18. The number of hydrogen-bond donors (Lipinski definition) is 1. The number of carbonyl (C=O) groups is 1. The maximum absolute atomic E-state index is 13.3. The van der Waals surface area contributed by atoms with Crippen LogP contribution in [0.15, 0.2) is 36.5 Å². The van der Waals surface area contributed by atoms with Gasteiger partial charge in [0.05, 0.1) is 13.0 Å². The first-order chi connectivity index (χ1) is 11.6. The lowest BCUT2D eigenvalue weighted by atomic mass is 10.00. The highest BCUT2D eigenvalue weighted by Gasteiger charge is 2.25. The molecule has 1 aliphatic rings. The van der Waals surface area contributed by atoms with Crippen LogP contribution in [-0.2, 0) is 11.3 Å². The molecular formula is C19H21FN2O2. The normalized spacial score (nSPS) is 15.0. The summed E-state index contributed by atoms with van der Waals surface area (Å²) in [5.74, 6) is 0.197. The molecule has 4 nitrogen and oxygen atoms in total. The quantitative estimate of drug-likeness (QED) is 0.882. The molecule has 1 aliphatic carbocycles. The number of nitrogens with zero attached hydrogens (tertiary/aromatic N) is 1. The van der Waals surface area contributed by atoms with Crippen LogP contribution in [0.25, 0.3) is 0 Å². The monoisotopic (exact) mass is 328 g/mol. The molecule has 1 heterocycles. The Morgan fingerprint density at radius 3 is 2.88 bits per heavy atom. The lowest BCUT2D eigenvalue weighted by molar-refractivity contribution is -0.122. The number of nitrogens with one attached hydrogen (secondary N) is 1. The fraction of sp³-hybridized carbons (Fsp3) is 0.368. The predicted octanol–water partition coefficient (Wildman–Crippen LogP) is 3.53. The molecule has 1 amide bonds. The van der Waals surface area contributed by atoms with E-state index in [1.807, 2.05) is 6.20 Å². The zero-order valence-corrected chi connectivity index (χ0v) is 13.9. The van der Waals surface area contributed by atoms with Gasteiger partial charge in [0.25, 0.3) is 0 Å². The SMILES string of the molecule is COc1ncc(C2CC2)cc1CNC(=O)[C@@H](C)c1cccc(F)c1. The fourth-order valence-corrected chi connectivity index (χ4v) is 2.73. The smallest absolute Gasteiger partial charge is 0.227 e. The second kappa shape index (κ2) is 6.99. The molecule has 0 spiro atoms. The number of amides is 1. The summed E-state index contributed by atoms with van der Waals surface area (Å²) in [6.07, 6.45) is 4.23. The van der Waals surface area contributed by atoms with Crippen molar-refractivity contribution < 1.29 is 13.9 Å². The van der Waals surface area contributed by atoms with E-state index in [1.54, 1.807) is 26.2 Å². The molecule has 1 atom stereocenters. The van der Waals surface area contributed by atoms with Gasteiger partial charge in [-0.3, -0.25) is 4.79 Å². The summed E-state index contributed by atoms with van der Waals surface area (Å²) in [5, 5.41) is 2.90. The minimum atomic E-state index is -0.425. The van der Waals surface area contributed by atoms with Crippen molar-refractivity contribution in [3.63, 3.8) is 0 Å². The van der Waals surface area contributed by atoms with Crippen LogP contribution < -0.4 is 10.1 Å². The number of aromatic nitrogens is 1. The Morgan fingerprint density at radius 2 is 2.21 bits per heavy atom. The van der Waals surface area contributed by atoms with Gasteiger partial charge in [0.2, 0.25) is 11.8 Å². The molecule has 0 unspecified atom stereocenters. The van der Waals surface area contributed by atoms with Gasteiger partial charge in [-0.15, -0.1) is 0 Å². The number of benzene rings is 1. The summed E-state index contributed by atoms with van der Waals surface area (Å²) in [4.78, 5) is 16.7. The van der Waals surface area contributed by atoms with E-state index in [-0.39, 0.29) is 11.7 Å². The van der Waals surface area contributed by atoms with Crippen molar-refractivity contribution >= 4 is 5.91 Å². The summed E-state index contributed by atoms with van der Waals surface area (Å²) >= 11 is 0. The van der Waals surface area contributed by atoms with Gasteiger partial charge in [0.15, 0.2) is 0 Å². The van der Waals surface area contributed by atoms with Crippen LogP contribution in [0.5, 0.6) is 5.88 Å². The summed E-state index contributed by atoms with van der Waals surface area (Å²) in [5.41, 5.74) is 2.71. The van der Waals surface area contributed by atoms with Gasteiger partial charge in [-0.2, -0.15) is 0 Å². The molecule has 2 aromatic rings. The van der Waals surface area contributed by atoms with Gasteiger partial charge >= 0.3 is 0 Å². The van der Waals surface area contributed by atoms with E-state index in [1.165, 1.54) is 30.5 Å². The van der Waals surface area contributed by atoms with Crippen molar-refractivity contribution in [3.8, 4) is 5.88 Å². The molecular weight excluding hydrogens is 307 g/mol. The zero-order valence-electron chi connectivity index (χ0n) is 13.9. The van der Waals surface area contributed by atoms with Crippen LogP contribution in [0, 0.1) is 5.82 Å². The third kappa shape index (κ3) is 3.72. The maximum atomic E-state index is 13.3. The Hall–Kier alpha value is -2.43. The average Bonchev–Trinajstić information content (AvgIpc) is 3.43. The Labute approximate surface area is 141 Å². The number of hydrogen-bond acceptors (Lipinski definition) is 3. The summed E-state index contributed by atoms with van der Waals surface area (Å²) in [7, 11) is 1.57. The Kier molecular flexibility index (Phi) is 4.79. The van der Waals surface area contributed by atoms with Crippen molar-refractivity contribution in [2.24, 2.45) is 0 Å². The highest BCUT2D eigenvalue weighted by atomic mass is 19.1. The highest BCUT2D eigenvalue weighted by molar-refractivity contribution is 5.83. The molecule has 1 N–H and O–H groups in total. The van der Waals surface area contributed by atoms with Gasteiger partial charge in [-0.1, -0.05) is 12.1 Å². The lowest BCUT2D eigenvalue weighted by Gasteiger charge is -2.14. The van der Waals surface area contributed by atoms with Crippen molar-refractivity contribution in [1.82, 2.24) is 10.3 Å². The average molecular weight is 328 g/mol. The van der Waals surface area contributed by atoms with E-state index in [4.69, 9.17) is 4.74 Å². The third-order valence-corrected chi connectivity index (χ3v) is 4.38. The number of ether oxygens (including phenoxy) is 1. The topological polar surface area (TPSA) is 51.2 Å². The number of pyridine rings is 1. The number of halogens is 1. The largest absolute Gasteiger partial charge is 0.481 e. The number of rotatable bonds is 6. The molecule has 126 valence electrons. The molecule has 0 bridgehead atoms. The standard InChI is InChI=1S/C19H21FN2O2/c1-12(14-4-3-5-17(20)9-14)18(23)21-11-16-8-15(13-6-7-13)10-22-19(16)24-2/h3-5,8-10,12-13H,6-7,11H2,1-2H3,(H,21,23)/t12-/m0/s1. The van der Waals surface area contributed by atoms with E-state index in [9.17, 15) is 9.18 Å². The summed E-state index contributed by atoms with van der Waals surface area (Å²) < 4.78 is 18.6. The first-order valence-corrected chi connectivity index (χ1v) is 8.14. The Bertz CT molecular complexity index is 744. The van der Waals surface area contributed by atoms with E-state index >= 15 is 0 Å². The van der Waals surface area contributed by atoms with Gasteiger partial charge in [-0.25, -0.2) is 9.37 Å². The second-order valence-electron chi connectivity index (χ2n) is 6.21. The fourth-order valence-electron chi connectivity index (χ4n) is 2.73. The van der Waals surface area contributed by atoms with E-state index in [2.05, 4.69) is 16.4 Å². The van der Waals surface area contributed by atoms with Crippen molar-refractivity contribution in [2.45, 2.75) is 38.1 Å². The summed E-state index contributed by atoms with van der Waals surface area (Å²) in [6.45, 7) is 2.11. The van der Waals surface area contributed by atoms with Crippen molar-refractivity contribution in [3.05, 3.63) is 59.0 Å². The molecule has 1 aromatic heterocycles. The number of methoxy groups -OCH3 is 1. The van der Waals surface area contributed by atoms with Crippen LogP contribution >= 0.6 is 0 Å². The zero-order chi connectivity index (χ0) is 17.1. The van der Waals surface area contributed by atoms with Crippen LogP contribution in [0.3, 0.4) is 0 Å². The van der Waals surface area contributed by atoms with Gasteiger partial charge < -0.3 is 10.1 Å². The van der Waals surface area contributed by atoms with Crippen LogP contribution in [-0.4, -0.2) is 18.0 Å². The van der Waals surface area contributed by atoms with Gasteiger partial charge in [0.1, 0.15) is 5.82 Å². The molecule has 0 aliphatic heterocycles. The molecule has 1 fully saturated rings.